The van der Waals surface area contributed by atoms with E-state index in [9.17, 15) is 4.79 Å². The molecule has 1 aliphatic carbocycles. The smallest absolute Gasteiger partial charge is 0.157 e. The molecule has 1 saturated heterocycles. The van der Waals surface area contributed by atoms with Gasteiger partial charge in [-0.1, -0.05) is 13.8 Å². The number of hydrogen-bond acceptors (Lipinski definition) is 3. The van der Waals surface area contributed by atoms with Gasteiger partial charge in [0.05, 0.1) is 0 Å². The molecule has 90 valence electrons. The molecule has 0 aromatic carbocycles. The van der Waals surface area contributed by atoms with Crippen LogP contribution in [0.4, 0.5) is 0 Å². The maximum absolute atomic E-state index is 11.2. The number of rotatable bonds is 3. The average molecular weight is 222 g/mol. The molecule has 0 atom stereocenters. The minimum absolute atomic E-state index is 0.305. The molecule has 0 radical (unpaired) electrons. The van der Waals surface area contributed by atoms with Crippen LogP contribution < -0.4 is 0 Å². The Bertz CT molecular complexity index is 288. The molecule has 2 aliphatic rings. The van der Waals surface area contributed by atoms with E-state index in [1.54, 1.807) is 0 Å². The minimum atomic E-state index is 0.305. The summed E-state index contributed by atoms with van der Waals surface area (Å²) in [6.07, 6.45) is 3.53. The normalized spacial score (nSPS) is 23.1. The van der Waals surface area contributed by atoms with Gasteiger partial charge in [-0.05, 0) is 12.3 Å². The molecule has 0 aromatic heterocycles. The van der Waals surface area contributed by atoms with Gasteiger partial charge in [-0.2, -0.15) is 0 Å². The van der Waals surface area contributed by atoms with Crippen molar-refractivity contribution in [2.45, 2.75) is 26.7 Å². The Balaban J connectivity index is 1.81. The number of allylic oxidation sites excluding steroid dienone is 2. The molecule has 3 heteroatoms. The van der Waals surface area contributed by atoms with Crippen LogP contribution in [-0.2, 0) is 4.79 Å². The SMILES string of the molecule is CC(C)CN1CCN(C2=CC(=O)CC2)CC1. The van der Waals surface area contributed by atoms with Gasteiger partial charge in [0.2, 0.25) is 0 Å². The summed E-state index contributed by atoms with van der Waals surface area (Å²) in [6, 6.07) is 0. The van der Waals surface area contributed by atoms with Crippen LogP contribution in [0.3, 0.4) is 0 Å². The van der Waals surface area contributed by atoms with Crippen molar-refractivity contribution in [3.63, 3.8) is 0 Å². The zero-order chi connectivity index (χ0) is 11.5. The fraction of sp³-hybridized carbons (Fsp3) is 0.769. The van der Waals surface area contributed by atoms with Crippen LogP contribution in [0.2, 0.25) is 0 Å². The van der Waals surface area contributed by atoms with Crippen molar-refractivity contribution in [1.82, 2.24) is 9.80 Å². The van der Waals surface area contributed by atoms with Crippen molar-refractivity contribution in [3.8, 4) is 0 Å². The van der Waals surface area contributed by atoms with Crippen LogP contribution in [0.5, 0.6) is 0 Å². The summed E-state index contributed by atoms with van der Waals surface area (Å²) in [6.45, 7) is 10.2. The third-order valence-electron chi connectivity index (χ3n) is 3.36. The fourth-order valence-corrected chi connectivity index (χ4v) is 2.56. The molecule has 16 heavy (non-hydrogen) atoms. The summed E-state index contributed by atoms with van der Waals surface area (Å²) in [4.78, 5) is 16.1. The van der Waals surface area contributed by atoms with E-state index >= 15 is 0 Å². The Kier molecular flexibility index (Phi) is 3.64. The highest BCUT2D eigenvalue weighted by molar-refractivity contribution is 5.92. The van der Waals surface area contributed by atoms with Crippen LogP contribution in [-0.4, -0.2) is 48.3 Å². The summed E-state index contributed by atoms with van der Waals surface area (Å²) in [5.74, 6) is 1.05. The molecular weight excluding hydrogens is 200 g/mol. The van der Waals surface area contributed by atoms with Gasteiger partial charge in [0.1, 0.15) is 0 Å². The zero-order valence-corrected chi connectivity index (χ0v) is 10.4. The van der Waals surface area contributed by atoms with E-state index in [1.165, 1.54) is 12.2 Å². The van der Waals surface area contributed by atoms with Gasteiger partial charge in [-0.15, -0.1) is 0 Å². The Hall–Kier alpha value is -0.830. The topological polar surface area (TPSA) is 23.6 Å². The molecule has 0 aromatic rings. The van der Waals surface area contributed by atoms with E-state index in [-0.39, 0.29) is 0 Å². The van der Waals surface area contributed by atoms with Gasteiger partial charge >= 0.3 is 0 Å². The maximum Gasteiger partial charge on any atom is 0.157 e. The molecule has 0 bridgehead atoms. The number of carbonyl (C=O) groups excluding carboxylic acids is 1. The Morgan fingerprint density at radius 1 is 1.19 bits per heavy atom. The summed E-state index contributed by atoms with van der Waals surface area (Å²) in [7, 11) is 0. The molecule has 1 heterocycles. The molecule has 0 N–H and O–H groups in total. The van der Waals surface area contributed by atoms with E-state index < -0.39 is 0 Å². The van der Waals surface area contributed by atoms with E-state index in [0.717, 1.165) is 44.9 Å². The molecule has 1 aliphatic heterocycles. The van der Waals surface area contributed by atoms with Gasteiger partial charge in [0, 0.05) is 50.9 Å². The van der Waals surface area contributed by atoms with Gasteiger partial charge in [-0.25, -0.2) is 0 Å². The molecule has 3 nitrogen and oxygen atoms in total. The molecular formula is C13H22N2O. The van der Waals surface area contributed by atoms with Crippen molar-refractivity contribution in [3.05, 3.63) is 11.8 Å². The lowest BCUT2D eigenvalue weighted by Crippen LogP contribution is -2.46. The van der Waals surface area contributed by atoms with Gasteiger partial charge in [0.25, 0.3) is 0 Å². The summed E-state index contributed by atoms with van der Waals surface area (Å²) in [5, 5.41) is 0. The predicted molar refractivity (Wildman–Crippen MR) is 65.2 cm³/mol. The first-order valence-electron chi connectivity index (χ1n) is 6.36. The monoisotopic (exact) mass is 222 g/mol. The number of carbonyl (C=O) groups is 1. The average Bonchev–Trinajstić information content (AvgIpc) is 2.65. The fourth-order valence-electron chi connectivity index (χ4n) is 2.56. The second-order valence-corrected chi connectivity index (χ2v) is 5.28. The minimum Gasteiger partial charge on any atom is -0.372 e. The Morgan fingerprint density at radius 3 is 2.38 bits per heavy atom. The second kappa shape index (κ2) is 5.00. The predicted octanol–water partition coefficient (Wildman–Crippen LogP) is 1.51. The summed E-state index contributed by atoms with van der Waals surface area (Å²) in [5.41, 5.74) is 1.27. The first-order valence-corrected chi connectivity index (χ1v) is 6.36. The first kappa shape index (κ1) is 11.6. The van der Waals surface area contributed by atoms with Crippen molar-refractivity contribution < 1.29 is 4.79 Å². The van der Waals surface area contributed by atoms with E-state index in [2.05, 4.69) is 23.6 Å². The van der Waals surface area contributed by atoms with Crippen LogP contribution >= 0.6 is 0 Å². The van der Waals surface area contributed by atoms with Crippen LogP contribution in [0.25, 0.3) is 0 Å². The molecule has 0 unspecified atom stereocenters. The van der Waals surface area contributed by atoms with Gasteiger partial charge < -0.3 is 4.90 Å². The lowest BCUT2D eigenvalue weighted by Gasteiger charge is -2.37. The van der Waals surface area contributed by atoms with Crippen molar-refractivity contribution >= 4 is 5.78 Å². The van der Waals surface area contributed by atoms with E-state index in [0.29, 0.717) is 5.78 Å². The lowest BCUT2D eigenvalue weighted by molar-refractivity contribution is -0.114. The first-order chi connectivity index (χ1) is 7.65. The lowest BCUT2D eigenvalue weighted by atomic mass is 10.2. The zero-order valence-electron chi connectivity index (χ0n) is 10.4. The van der Waals surface area contributed by atoms with Gasteiger partial charge in [-0.3, -0.25) is 9.69 Å². The third kappa shape index (κ3) is 2.85. The Labute approximate surface area is 98.1 Å². The van der Waals surface area contributed by atoms with Gasteiger partial charge in [0.15, 0.2) is 5.78 Å². The molecule has 0 saturated carbocycles. The summed E-state index contributed by atoms with van der Waals surface area (Å²) < 4.78 is 0. The molecule has 0 amide bonds. The Morgan fingerprint density at radius 2 is 1.88 bits per heavy atom. The highest BCUT2D eigenvalue weighted by atomic mass is 16.1. The van der Waals surface area contributed by atoms with Crippen molar-refractivity contribution in [2.75, 3.05) is 32.7 Å². The summed E-state index contributed by atoms with van der Waals surface area (Å²) >= 11 is 0. The largest absolute Gasteiger partial charge is 0.372 e. The highest BCUT2D eigenvalue weighted by Crippen LogP contribution is 2.20. The van der Waals surface area contributed by atoms with Crippen LogP contribution in [0.1, 0.15) is 26.7 Å². The van der Waals surface area contributed by atoms with Crippen molar-refractivity contribution in [1.29, 1.82) is 0 Å². The number of hydrogen-bond donors (Lipinski definition) is 0. The quantitative estimate of drug-likeness (QED) is 0.723. The second-order valence-electron chi connectivity index (χ2n) is 5.28. The number of piperazine rings is 1. The number of nitrogens with zero attached hydrogens (tertiary/aromatic N) is 2. The number of ketones is 1. The van der Waals surface area contributed by atoms with Crippen LogP contribution in [0, 0.1) is 5.92 Å². The molecule has 0 spiro atoms. The third-order valence-corrected chi connectivity index (χ3v) is 3.36. The highest BCUT2D eigenvalue weighted by Gasteiger charge is 2.22. The standard InChI is InChI=1S/C13H22N2O/c1-11(2)10-14-5-7-15(8-6-14)12-3-4-13(16)9-12/h9,11H,3-8,10H2,1-2H3. The van der Waals surface area contributed by atoms with Crippen LogP contribution in [0.15, 0.2) is 11.8 Å². The molecule has 2 rings (SSSR count). The van der Waals surface area contributed by atoms with E-state index in [1.807, 2.05) is 6.08 Å². The molecule has 1 fully saturated rings. The van der Waals surface area contributed by atoms with E-state index in [4.69, 9.17) is 0 Å². The van der Waals surface area contributed by atoms with Crippen molar-refractivity contribution in [2.24, 2.45) is 5.92 Å². The maximum atomic E-state index is 11.2.